The van der Waals surface area contributed by atoms with Gasteiger partial charge in [0, 0.05) is 16.7 Å². The number of hydrogen-bond acceptors (Lipinski definition) is 6. The lowest BCUT2D eigenvalue weighted by Gasteiger charge is -2.06. The van der Waals surface area contributed by atoms with Crippen LogP contribution in [0.3, 0.4) is 0 Å². The molecular formula is C17H16ClN3O5. The van der Waals surface area contributed by atoms with Crippen LogP contribution in [0.1, 0.15) is 11.1 Å². The summed E-state index contributed by atoms with van der Waals surface area (Å²) in [5.74, 6) is 0.177. The molecule has 26 heavy (non-hydrogen) atoms. The fourth-order valence-electron chi connectivity index (χ4n) is 2.00. The number of rotatable bonds is 7. The van der Waals surface area contributed by atoms with Crippen molar-refractivity contribution in [3.8, 4) is 11.5 Å². The molecule has 2 aromatic rings. The van der Waals surface area contributed by atoms with Crippen molar-refractivity contribution in [1.29, 1.82) is 0 Å². The van der Waals surface area contributed by atoms with Gasteiger partial charge in [-0.3, -0.25) is 14.9 Å². The maximum Gasteiger partial charge on any atom is 0.311 e. The van der Waals surface area contributed by atoms with Crippen LogP contribution in [0.4, 0.5) is 5.69 Å². The van der Waals surface area contributed by atoms with E-state index in [4.69, 9.17) is 21.1 Å². The van der Waals surface area contributed by atoms with Gasteiger partial charge in [-0.15, -0.1) is 0 Å². The highest BCUT2D eigenvalue weighted by molar-refractivity contribution is 6.31. The van der Waals surface area contributed by atoms with Crippen molar-refractivity contribution >= 4 is 29.4 Å². The number of aryl methyl sites for hydroxylation is 1. The summed E-state index contributed by atoms with van der Waals surface area (Å²) >= 11 is 5.92. The van der Waals surface area contributed by atoms with E-state index >= 15 is 0 Å². The molecule has 2 rings (SSSR count). The second-order valence-corrected chi connectivity index (χ2v) is 5.59. The number of hydrazone groups is 1. The molecule has 1 N–H and O–H groups in total. The van der Waals surface area contributed by atoms with Crippen LogP contribution in [-0.2, 0) is 4.79 Å². The van der Waals surface area contributed by atoms with Gasteiger partial charge in [-0.2, -0.15) is 5.10 Å². The second kappa shape index (κ2) is 8.82. The molecule has 0 aromatic heterocycles. The summed E-state index contributed by atoms with van der Waals surface area (Å²) in [6.45, 7) is 1.59. The highest BCUT2D eigenvalue weighted by Crippen LogP contribution is 2.26. The zero-order valence-corrected chi connectivity index (χ0v) is 14.8. The summed E-state index contributed by atoms with van der Waals surface area (Å²) in [5.41, 5.74) is 3.37. The Morgan fingerprint density at radius 2 is 2.12 bits per heavy atom. The van der Waals surface area contributed by atoms with E-state index in [1.165, 1.54) is 25.5 Å². The first kappa shape index (κ1) is 19.2. The van der Waals surface area contributed by atoms with Gasteiger partial charge < -0.3 is 9.47 Å². The molecule has 0 aliphatic carbocycles. The minimum absolute atomic E-state index is 0.142. The summed E-state index contributed by atoms with van der Waals surface area (Å²) in [4.78, 5) is 22.1. The Bertz CT molecular complexity index is 854. The molecule has 0 aliphatic heterocycles. The number of carbonyl (C=O) groups is 1. The molecule has 0 bridgehead atoms. The highest BCUT2D eigenvalue weighted by Gasteiger charge is 2.14. The minimum atomic E-state index is -0.559. The van der Waals surface area contributed by atoms with Gasteiger partial charge in [0.05, 0.1) is 18.2 Å². The molecule has 9 heteroatoms. The van der Waals surface area contributed by atoms with Gasteiger partial charge in [-0.1, -0.05) is 11.6 Å². The monoisotopic (exact) mass is 377 g/mol. The third-order valence-electron chi connectivity index (χ3n) is 3.30. The van der Waals surface area contributed by atoms with Gasteiger partial charge in [0.1, 0.15) is 5.75 Å². The van der Waals surface area contributed by atoms with Gasteiger partial charge in [0.25, 0.3) is 5.91 Å². The molecule has 8 nitrogen and oxygen atoms in total. The first-order valence-corrected chi connectivity index (χ1v) is 7.82. The Morgan fingerprint density at radius 3 is 2.77 bits per heavy atom. The summed E-state index contributed by atoms with van der Waals surface area (Å²) in [6, 6.07) is 9.37. The van der Waals surface area contributed by atoms with Crippen LogP contribution in [0.2, 0.25) is 5.02 Å². The number of halogens is 1. The maximum atomic E-state index is 11.7. The van der Waals surface area contributed by atoms with Crippen molar-refractivity contribution in [2.75, 3.05) is 13.7 Å². The van der Waals surface area contributed by atoms with Gasteiger partial charge >= 0.3 is 5.69 Å². The Balaban J connectivity index is 1.91. The van der Waals surface area contributed by atoms with Crippen molar-refractivity contribution in [2.24, 2.45) is 5.10 Å². The number of ether oxygens (including phenoxy) is 2. The van der Waals surface area contributed by atoms with E-state index in [2.05, 4.69) is 10.5 Å². The van der Waals surface area contributed by atoms with Crippen LogP contribution >= 0.6 is 11.6 Å². The van der Waals surface area contributed by atoms with Crippen molar-refractivity contribution in [1.82, 2.24) is 5.43 Å². The number of benzene rings is 2. The number of amides is 1. The van der Waals surface area contributed by atoms with Crippen molar-refractivity contribution in [3.05, 3.63) is 62.7 Å². The summed E-state index contributed by atoms with van der Waals surface area (Å²) in [5, 5.41) is 15.3. The molecule has 0 radical (unpaired) electrons. The van der Waals surface area contributed by atoms with Crippen LogP contribution in [-0.4, -0.2) is 30.8 Å². The zero-order chi connectivity index (χ0) is 19.1. The predicted octanol–water partition coefficient (Wildman–Crippen LogP) is 3.09. The van der Waals surface area contributed by atoms with Crippen molar-refractivity contribution in [2.45, 2.75) is 6.92 Å². The molecule has 0 fully saturated rings. The lowest BCUT2D eigenvalue weighted by atomic mass is 10.2. The maximum absolute atomic E-state index is 11.7. The molecule has 0 spiro atoms. The molecule has 0 saturated heterocycles. The Hall–Kier alpha value is -3.13. The largest absolute Gasteiger partial charge is 0.490 e. The van der Waals surface area contributed by atoms with E-state index in [1.807, 2.05) is 6.92 Å². The molecule has 1 amide bonds. The third-order valence-corrected chi connectivity index (χ3v) is 3.73. The quantitative estimate of drug-likeness (QED) is 0.453. The zero-order valence-electron chi connectivity index (χ0n) is 14.1. The van der Waals surface area contributed by atoms with Crippen LogP contribution in [0.15, 0.2) is 41.5 Å². The Morgan fingerprint density at radius 1 is 1.35 bits per heavy atom. The van der Waals surface area contributed by atoms with Crippen LogP contribution in [0, 0.1) is 17.0 Å². The van der Waals surface area contributed by atoms with Gasteiger partial charge in [-0.25, -0.2) is 5.43 Å². The Labute approximate surface area is 154 Å². The van der Waals surface area contributed by atoms with Gasteiger partial charge in [0.2, 0.25) is 0 Å². The van der Waals surface area contributed by atoms with Crippen LogP contribution < -0.4 is 14.9 Å². The van der Waals surface area contributed by atoms with Crippen LogP contribution in [0.5, 0.6) is 11.5 Å². The minimum Gasteiger partial charge on any atom is -0.490 e. The van der Waals surface area contributed by atoms with E-state index in [-0.39, 0.29) is 18.0 Å². The number of carbonyl (C=O) groups excluding carboxylic acids is 1. The molecular weight excluding hydrogens is 362 g/mol. The molecule has 2 aromatic carbocycles. The third kappa shape index (κ3) is 5.18. The number of nitrogens with one attached hydrogen (secondary N) is 1. The molecule has 0 aliphatic rings. The van der Waals surface area contributed by atoms with E-state index in [0.717, 1.165) is 5.56 Å². The molecule has 136 valence electrons. The summed E-state index contributed by atoms with van der Waals surface area (Å²) in [6.07, 6.45) is 1.29. The number of nitrogens with zero attached hydrogens (tertiary/aromatic N) is 2. The number of methoxy groups -OCH3 is 1. The smallest absolute Gasteiger partial charge is 0.311 e. The fraction of sp³-hybridized carbons (Fsp3) is 0.176. The number of hydrogen-bond donors (Lipinski definition) is 1. The average molecular weight is 378 g/mol. The van der Waals surface area contributed by atoms with Crippen molar-refractivity contribution in [3.63, 3.8) is 0 Å². The van der Waals surface area contributed by atoms with E-state index in [0.29, 0.717) is 16.3 Å². The number of nitro benzene ring substituents is 1. The molecule has 0 heterocycles. The highest BCUT2D eigenvalue weighted by atomic mass is 35.5. The summed E-state index contributed by atoms with van der Waals surface area (Å²) in [7, 11) is 1.35. The lowest BCUT2D eigenvalue weighted by molar-refractivity contribution is -0.385. The SMILES string of the molecule is COc1ccc(/C=N/NC(=O)COc2ccc(Cl)c(C)c2)cc1[N+](=O)[O-]. The van der Waals surface area contributed by atoms with Gasteiger partial charge in [0.15, 0.2) is 12.4 Å². The first-order valence-electron chi connectivity index (χ1n) is 7.44. The summed E-state index contributed by atoms with van der Waals surface area (Å²) < 4.78 is 10.3. The average Bonchev–Trinajstić information content (AvgIpc) is 2.62. The fourth-order valence-corrected chi connectivity index (χ4v) is 2.11. The Kier molecular flexibility index (Phi) is 6.51. The topological polar surface area (TPSA) is 103 Å². The molecule has 0 saturated carbocycles. The second-order valence-electron chi connectivity index (χ2n) is 5.18. The van der Waals surface area contributed by atoms with E-state index < -0.39 is 10.8 Å². The van der Waals surface area contributed by atoms with Crippen LogP contribution in [0.25, 0.3) is 0 Å². The van der Waals surface area contributed by atoms with E-state index in [1.54, 1.807) is 24.3 Å². The standard InChI is InChI=1S/C17H16ClN3O5/c1-11-7-13(4-5-14(11)18)26-10-17(22)20-19-9-12-3-6-16(25-2)15(8-12)21(23)24/h3-9H,10H2,1-2H3,(H,20,22)/b19-9+. The predicted molar refractivity (Wildman–Crippen MR) is 97.1 cm³/mol. The van der Waals surface area contributed by atoms with E-state index in [9.17, 15) is 14.9 Å². The van der Waals surface area contributed by atoms with Gasteiger partial charge in [-0.05, 0) is 42.8 Å². The molecule has 0 atom stereocenters. The normalized spacial score (nSPS) is 10.6. The molecule has 0 unspecified atom stereocenters. The lowest BCUT2D eigenvalue weighted by Crippen LogP contribution is -2.24. The van der Waals surface area contributed by atoms with Crippen molar-refractivity contribution < 1.29 is 19.2 Å². The number of nitro groups is 1. The first-order chi connectivity index (χ1) is 12.4.